The molecule has 0 unspecified atom stereocenters. The molecule has 0 bridgehead atoms. The predicted octanol–water partition coefficient (Wildman–Crippen LogP) is 2.55. The number of ether oxygens (including phenoxy) is 1. The highest BCUT2D eigenvalue weighted by molar-refractivity contribution is 5.68. The summed E-state index contributed by atoms with van der Waals surface area (Å²) < 4.78 is 76.2. The predicted molar refractivity (Wildman–Crippen MR) is 58.2 cm³/mol. The average molecular weight is 310 g/mol. The van der Waals surface area contributed by atoms with Crippen LogP contribution in [0.25, 0.3) is 0 Å². The van der Waals surface area contributed by atoms with Gasteiger partial charge in [0, 0.05) is 26.2 Å². The number of nitrogens with one attached hydrogen (secondary N) is 1. The maximum atomic E-state index is 12.1. The van der Waals surface area contributed by atoms with E-state index in [2.05, 4.69) is 10.1 Å². The van der Waals surface area contributed by atoms with Crippen LogP contribution in [0.15, 0.2) is 0 Å². The molecule has 1 N–H and O–H groups in total. The topological polar surface area (TPSA) is 41.6 Å². The summed E-state index contributed by atoms with van der Waals surface area (Å²) >= 11 is 0. The minimum atomic E-state index is -5.68. The normalized spacial score (nSPS) is 16.6. The third-order valence-electron chi connectivity index (χ3n) is 2.19. The molecule has 0 aliphatic carbocycles. The summed E-state index contributed by atoms with van der Waals surface area (Å²) in [6.45, 7) is 4.58. The van der Waals surface area contributed by atoms with Gasteiger partial charge >= 0.3 is 18.4 Å². The summed E-state index contributed by atoms with van der Waals surface area (Å²) in [5, 5.41) is 2.79. The van der Waals surface area contributed by atoms with Crippen molar-refractivity contribution in [1.82, 2.24) is 10.2 Å². The fourth-order valence-corrected chi connectivity index (χ4v) is 1.34. The first-order valence-electron chi connectivity index (χ1n) is 5.92. The fraction of sp³-hybridized carbons (Fsp3) is 0.900. The van der Waals surface area contributed by atoms with E-state index in [1.165, 1.54) is 0 Å². The number of alkyl halides is 6. The molecule has 1 rings (SSSR count). The number of rotatable bonds is 1. The Kier molecular flexibility index (Phi) is 7.11. The molecule has 1 saturated heterocycles. The van der Waals surface area contributed by atoms with Crippen LogP contribution in [0.3, 0.4) is 0 Å². The maximum absolute atomic E-state index is 12.1. The number of nitrogens with zero attached hydrogens (tertiary/aromatic N) is 1. The smallest absolute Gasteiger partial charge is 0.426 e. The summed E-state index contributed by atoms with van der Waals surface area (Å²) in [5.41, 5.74) is 0. The van der Waals surface area contributed by atoms with Crippen LogP contribution in [-0.4, -0.2) is 55.6 Å². The van der Waals surface area contributed by atoms with Gasteiger partial charge in [0.2, 0.25) is 0 Å². The minimum absolute atomic E-state index is 0.00126. The lowest BCUT2D eigenvalue weighted by atomic mass is 10.3. The second kappa shape index (κ2) is 7.55. The first kappa shape index (κ1) is 18.8. The Labute approximate surface area is 112 Å². The van der Waals surface area contributed by atoms with Gasteiger partial charge in [0.05, 0.1) is 0 Å². The highest BCUT2D eigenvalue weighted by atomic mass is 19.4. The lowest BCUT2D eigenvalue weighted by molar-refractivity contribution is -0.308. The summed E-state index contributed by atoms with van der Waals surface area (Å²) in [4.78, 5) is 12.0. The van der Waals surface area contributed by atoms with Crippen LogP contribution in [0.5, 0.6) is 0 Å². The summed E-state index contributed by atoms with van der Waals surface area (Å²) in [5.74, 6) is 0. The number of piperazine rings is 1. The van der Waals surface area contributed by atoms with E-state index in [1.807, 2.05) is 13.8 Å². The molecule has 1 aliphatic heterocycles. The summed E-state index contributed by atoms with van der Waals surface area (Å²) in [7, 11) is 0. The average Bonchev–Trinajstić information content (AvgIpc) is 2.36. The minimum Gasteiger partial charge on any atom is -0.426 e. The Bertz CT molecular complexity index is 285. The molecule has 0 spiro atoms. The molecule has 1 aliphatic rings. The third kappa shape index (κ3) is 5.85. The Hall–Kier alpha value is -1.19. The highest BCUT2D eigenvalue weighted by Crippen LogP contribution is 2.35. The molecule has 0 aromatic carbocycles. The second-order valence-electron chi connectivity index (χ2n) is 3.58. The van der Waals surface area contributed by atoms with Crippen LogP contribution >= 0.6 is 0 Å². The van der Waals surface area contributed by atoms with Gasteiger partial charge in [0.15, 0.2) is 0 Å². The van der Waals surface area contributed by atoms with E-state index in [-0.39, 0.29) is 26.2 Å². The van der Waals surface area contributed by atoms with Gasteiger partial charge in [-0.15, -0.1) is 0 Å². The quantitative estimate of drug-likeness (QED) is 0.757. The molecule has 0 aromatic heterocycles. The van der Waals surface area contributed by atoms with E-state index >= 15 is 0 Å². The van der Waals surface area contributed by atoms with Crippen LogP contribution in [0, 0.1) is 0 Å². The van der Waals surface area contributed by atoms with Crippen LogP contribution in [0.4, 0.5) is 31.1 Å². The zero-order valence-corrected chi connectivity index (χ0v) is 10.9. The number of amides is 1. The van der Waals surface area contributed by atoms with E-state index in [4.69, 9.17) is 0 Å². The van der Waals surface area contributed by atoms with Crippen molar-refractivity contribution in [2.75, 3.05) is 26.2 Å². The first-order chi connectivity index (χ1) is 9.12. The highest BCUT2D eigenvalue weighted by Gasteiger charge is 2.60. The van der Waals surface area contributed by atoms with Gasteiger partial charge in [0.1, 0.15) is 0 Å². The number of hydrogen-bond acceptors (Lipinski definition) is 3. The summed E-state index contributed by atoms with van der Waals surface area (Å²) in [6.07, 6.45) is -17.1. The van der Waals surface area contributed by atoms with Crippen molar-refractivity contribution in [1.29, 1.82) is 0 Å². The zero-order valence-electron chi connectivity index (χ0n) is 10.9. The second-order valence-corrected chi connectivity index (χ2v) is 3.58. The standard InChI is InChI=1S/C8H10F6N2O2.C2H6/c9-7(10,11)5(8(12,13)14)18-6(17)16-3-1-15-2-4-16;1-2/h5,15H,1-4H2;1-2H3. The van der Waals surface area contributed by atoms with Crippen LogP contribution in [-0.2, 0) is 4.74 Å². The SMILES string of the molecule is CC.O=C(OC(C(F)(F)F)C(F)(F)F)N1CCNCC1. The van der Waals surface area contributed by atoms with Crippen LogP contribution in [0.2, 0.25) is 0 Å². The molecule has 1 amide bonds. The van der Waals surface area contributed by atoms with E-state index in [1.54, 1.807) is 0 Å². The monoisotopic (exact) mass is 310 g/mol. The molecule has 4 nitrogen and oxygen atoms in total. The van der Waals surface area contributed by atoms with Crippen molar-refractivity contribution in [2.45, 2.75) is 32.3 Å². The Morgan fingerprint density at radius 1 is 1.05 bits per heavy atom. The molecule has 0 atom stereocenters. The molecule has 120 valence electrons. The number of carbonyl (C=O) groups is 1. The Morgan fingerprint density at radius 3 is 1.80 bits per heavy atom. The Balaban J connectivity index is 0.00000172. The number of hydrogen-bond donors (Lipinski definition) is 1. The van der Waals surface area contributed by atoms with E-state index in [0.29, 0.717) is 0 Å². The molecule has 0 saturated carbocycles. The van der Waals surface area contributed by atoms with Gasteiger partial charge in [-0.1, -0.05) is 13.8 Å². The van der Waals surface area contributed by atoms with Crippen molar-refractivity contribution in [3.05, 3.63) is 0 Å². The third-order valence-corrected chi connectivity index (χ3v) is 2.19. The van der Waals surface area contributed by atoms with Gasteiger partial charge in [-0.05, 0) is 0 Å². The Morgan fingerprint density at radius 2 is 1.45 bits per heavy atom. The fourth-order valence-electron chi connectivity index (χ4n) is 1.34. The van der Waals surface area contributed by atoms with Crippen molar-refractivity contribution in [2.24, 2.45) is 0 Å². The zero-order chi connectivity index (χ0) is 16.0. The van der Waals surface area contributed by atoms with Crippen LogP contribution < -0.4 is 5.32 Å². The van der Waals surface area contributed by atoms with Crippen LogP contribution in [0.1, 0.15) is 13.8 Å². The van der Waals surface area contributed by atoms with Crippen molar-refractivity contribution in [3.63, 3.8) is 0 Å². The molecule has 1 fully saturated rings. The van der Waals surface area contributed by atoms with Gasteiger partial charge in [0.25, 0.3) is 6.10 Å². The molecule has 0 aromatic rings. The van der Waals surface area contributed by atoms with Gasteiger partial charge in [-0.2, -0.15) is 26.3 Å². The van der Waals surface area contributed by atoms with Crippen molar-refractivity contribution in [3.8, 4) is 0 Å². The lowest BCUT2D eigenvalue weighted by Gasteiger charge is -2.30. The first-order valence-corrected chi connectivity index (χ1v) is 5.92. The van der Waals surface area contributed by atoms with E-state index in [9.17, 15) is 31.1 Å². The molecule has 1 heterocycles. The molecule has 0 radical (unpaired) electrons. The molecule has 10 heteroatoms. The maximum Gasteiger partial charge on any atom is 0.434 e. The van der Waals surface area contributed by atoms with Crippen molar-refractivity contribution < 1.29 is 35.9 Å². The van der Waals surface area contributed by atoms with Gasteiger partial charge < -0.3 is 15.0 Å². The number of halogens is 6. The largest absolute Gasteiger partial charge is 0.434 e. The molecular formula is C10H16F6N2O2. The lowest BCUT2D eigenvalue weighted by Crippen LogP contribution is -2.51. The van der Waals surface area contributed by atoms with Crippen molar-refractivity contribution >= 4 is 6.09 Å². The van der Waals surface area contributed by atoms with Gasteiger partial charge in [-0.25, -0.2) is 4.79 Å². The van der Waals surface area contributed by atoms with E-state index < -0.39 is 24.5 Å². The summed E-state index contributed by atoms with van der Waals surface area (Å²) in [6, 6.07) is 0. The molecule has 20 heavy (non-hydrogen) atoms. The van der Waals surface area contributed by atoms with E-state index in [0.717, 1.165) is 4.90 Å². The molecular weight excluding hydrogens is 294 g/mol. The van der Waals surface area contributed by atoms with Gasteiger partial charge in [-0.3, -0.25) is 0 Å². The number of carbonyl (C=O) groups excluding carboxylic acids is 1.